The average molecular weight is 264 g/mol. The number of aromatic nitrogens is 2. The van der Waals surface area contributed by atoms with Crippen molar-refractivity contribution in [1.29, 1.82) is 0 Å². The molecule has 4 heteroatoms. The van der Waals surface area contributed by atoms with Gasteiger partial charge >= 0.3 is 0 Å². The van der Waals surface area contributed by atoms with Gasteiger partial charge in [0.15, 0.2) is 5.82 Å². The van der Waals surface area contributed by atoms with E-state index in [0.717, 1.165) is 21.2 Å². The highest BCUT2D eigenvalue weighted by atomic mass is 79.9. The summed E-state index contributed by atoms with van der Waals surface area (Å²) in [6, 6.07) is 4.64. The second-order valence-electron chi connectivity index (χ2n) is 3.80. The second kappa shape index (κ2) is 3.45. The second-order valence-corrected chi connectivity index (χ2v) is 4.72. The highest BCUT2D eigenvalue weighted by molar-refractivity contribution is 9.10. The Hall–Kier alpha value is -1.16. The van der Waals surface area contributed by atoms with Gasteiger partial charge in [-0.15, -0.1) is 0 Å². The molecule has 1 fully saturated rings. The first kappa shape index (κ1) is 9.09. The highest BCUT2D eigenvalue weighted by Crippen LogP contribution is 2.27. The number of hydrogen-bond donors (Lipinski definition) is 1. The SMILES string of the molecule is Brc1cnc2c(NC3CC3)nccc2c1. The number of anilines is 1. The van der Waals surface area contributed by atoms with E-state index in [2.05, 4.69) is 37.3 Å². The molecule has 2 heterocycles. The summed E-state index contributed by atoms with van der Waals surface area (Å²) in [5, 5.41) is 4.50. The number of pyridine rings is 2. The lowest BCUT2D eigenvalue weighted by atomic mass is 10.2. The molecule has 0 aliphatic heterocycles. The van der Waals surface area contributed by atoms with Crippen LogP contribution in [0.4, 0.5) is 5.82 Å². The molecule has 0 radical (unpaired) electrons. The van der Waals surface area contributed by atoms with Crippen LogP contribution in [0, 0.1) is 0 Å². The van der Waals surface area contributed by atoms with Gasteiger partial charge < -0.3 is 5.32 Å². The van der Waals surface area contributed by atoms with E-state index in [1.807, 2.05) is 18.5 Å². The summed E-state index contributed by atoms with van der Waals surface area (Å²) in [7, 11) is 0. The molecule has 0 aromatic carbocycles. The normalized spacial score (nSPS) is 15.5. The van der Waals surface area contributed by atoms with Crippen LogP contribution in [-0.2, 0) is 0 Å². The number of rotatable bonds is 2. The van der Waals surface area contributed by atoms with Crippen molar-refractivity contribution < 1.29 is 0 Å². The van der Waals surface area contributed by atoms with Crippen LogP contribution in [-0.4, -0.2) is 16.0 Å². The van der Waals surface area contributed by atoms with Crippen LogP contribution < -0.4 is 5.32 Å². The highest BCUT2D eigenvalue weighted by Gasteiger charge is 2.22. The van der Waals surface area contributed by atoms with Gasteiger partial charge in [-0.25, -0.2) is 4.98 Å². The smallest absolute Gasteiger partial charge is 0.152 e. The first-order valence-electron chi connectivity index (χ1n) is 5.00. The van der Waals surface area contributed by atoms with Crippen molar-refractivity contribution in [2.24, 2.45) is 0 Å². The summed E-state index contributed by atoms with van der Waals surface area (Å²) in [6.45, 7) is 0. The van der Waals surface area contributed by atoms with Crippen molar-refractivity contribution in [2.45, 2.75) is 18.9 Å². The van der Waals surface area contributed by atoms with Gasteiger partial charge in [-0.3, -0.25) is 4.98 Å². The Balaban J connectivity index is 2.12. The fourth-order valence-corrected chi connectivity index (χ4v) is 1.91. The van der Waals surface area contributed by atoms with Crippen molar-refractivity contribution in [2.75, 3.05) is 5.32 Å². The van der Waals surface area contributed by atoms with E-state index in [-0.39, 0.29) is 0 Å². The molecular weight excluding hydrogens is 254 g/mol. The molecule has 15 heavy (non-hydrogen) atoms. The molecule has 2 aromatic heterocycles. The van der Waals surface area contributed by atoms with Crippen molar-refractivity contribution >= 4 is 32.7 Å². The third-order valence-electron chi connectivity index (χ3n) is 2.48. The average Bonchev–Trinajstić information content (AvgIpc) is 3.01. The number of nitrogens with zero attached hydrogens (tertiary/aromatic N) is 2. The van der Waals surface area contributed by atoms with Crippen LogP contribution in [0.3, 0.4) is 0 Å². The fraction of sp³-hybridized carbons (Fsp3) is 0.273. The number of nitrogens with one attached hydrogen (secondary N) is 1. The Morgan fingerprint density at radius 3 is 3.00 bits per heavy atom. The summed E-state index contributed by atoms with van der Waals surface area (Å²) in [4.78, 5) is 8.72. The summed E-state index contributed by atoms with van der Waals surface area (Å²) < 4.78 is 0.999. The lowest BCUT2D eigenvalue weighted by molar-refractivity contribution is 1.12. The fourth-order valence-electron chi connectivity index (χ4n) is 1.56. The topological polar surface area (TPSA) is 37.8 Å². The molecule has 0 saturated heterocycles. The van der Waals surface area contributed by atoms with Crippen LogP contribution in [0.25, 0.3) is 10.9 Å². The predicted molar refractivity (Wildman–Crippen MR) is 63.9 cm³/mol. The van der Waals surface area contributed by atoms with Crippen molar-refractivity contribution in [3.05, 3.63) is 29.0 Å². The zero-order chi connectivity index (χ0) is 10.3. The van der Waals surface area contributed by atoms with Gasteiger partial charge in [0.1, 0.15) is 5.52 Å². The Morgan fingerprint density at radius 1 is 1.33 bits per heavy atom. The predicted octanol–water partition coefficient (Wildman–Crippen LogP) is 2.97. The molecule has 0 spiro atoms. The van der Waals surface area contributed by atoms with Gasteiger partial charge in [-0.1, -0.05) is 0 Å². The third-order valence-corrected chi connectivity index (χ3v) is 2.92. The largest absolute Gasteiger partial charge is 0.366 e. The minimum atomic E-state index is 0.605. The van der Waals surface area contributed by atoms with E-state index < -0.39 is 0 Å². The monoisotopic (exact) mass is 263 g/mol. The molecule has 76 valence electrons. The first-order chi connectivity index (χ1) is 7.33. The molecule has 3 rings (SSSR count). The summed E-state index contributed by atoms with van der Waals surface area (Å²) >= 11 is 3.42. The van der Waals surface area contributed by atoms with E-state index in [1.54, 1.807) is 0 Å². The van der Waals surface area contributed by atoms with Crippen LogP contribution in [0.2, 0.25) is 0 Å². The van der Waals surface area contributed by atoms with Crippen LogP contribution in [0.15, 0.2) is 29.0 Å². The van der Waals surface area contributed by atoms with Crippen LogP contribution in [0.1, 0.15) is 12.8 Å². The third kappa shape index (κ3) is 1.81. The standard InChI is InChI=1S/C11H10BrN3/c12-8-5-7-3-4-13-11(10(7)14-6-8)15-9-1-2-9/h3-6,9H,1-2H2,(H,13,15). The van der Waals surface area contributed by atoms with E-state index in [1.165, 1.54) is 12.8 Å². The first-order valence-corrected chi connectivity index (χ1v) is 5.79. The van der Waals surface area contributed by atoms with E-state index >= 15 is 0 Å². The summed E-state index contributed by atoms with van der Waals surface area (Å²) in [5.74, 6) is 0.905. The van der Waals surface area contributed by atoms with Gasteiger partial charge in [-0.2, -0.15) is 0 Å². The molecular formula is C11H10BrN3. The summed E-state index contributed by atoms with van der Waals surface area (Å²) in [5.41, 5.74) is 0.951. The van der Waals surface area contributed by atoms with Crippen molar-refractivity contribution in [3.63, 3.8) is 0 Å². The zero-order valence-corrected chi connectivity index (χ0v) is 9.66. The molecule has 1 aliphatic rings. The quantitative estimate of drug-likeness (QED) is 0.906. The molecule has 0 atom stereocenters. The van der Waals surface area contributed by atoms with Crippen molar-refractivity contribution in [1.82, 2.24) is 9.97 Å². The minimum absolute atomic E-state index is 0.605. The molecule has 1 N–H and O–H groups in total. The summed E-state index contributed by atoms with van der Waals surface area (Å²) in [6.07, 6.45) is 6.12. The Morgan fingerprint density at radius 2 is 2.20 bits per heavy atom. The Labute approximate surface area is 96.1 Å². The molecule has 2 aromatic rings. The van der Waals surface area contributed by atoms with Gasteiger partial charge in [0, 0.05) is 28.3 Å². The van der Waals surface area contributed by atoms with Gasteiger partial charge in [0.25, 0.3) is 0 Å². The zero-order valence-electron chi connectivity index (χ0n) is 8.07. The molecule has 1 aliphatic carbocycles. The molecule has 3 nitrogen and oxygen atoms in total. The Kier molecular flexibility index (Phi) is 2.09. The van der Waals surface area contributed by atoms with E-state index in [0.29, 0.717) is 6.04 Å². The molecule has 0 amide bonds. The number of fused-ring (bicyclic) bond motifs is 1. The van der Waals surface area contributed by atoms with Crippen molar-refractivity contribution in [3.8, 4) is 0 Å². The minimum Gasteiger partial charge on any atom is -0.366 e. The molecule has 1 saturated carbocycles. The number of halogens is 1. The number of hydrogen-bond acceptors (Lipinski definition) is 3. The molecule has 0 unspecified atom stereocenters. The lowest BCUT2D eigenvalue weighted by Gasteiger charge is -2.06. The van der Waals surface area contributed by atoms with Crippen LogP contribution in [0.5, 0.6) is 0 Å². The maximum atomic E-state index is 4.39. The van der Waals surface area contributed by atoms with Gasteiger partial charge in [0.2, 0.25) is 0 Å². The maximum absolute atomic E-state index is 4.39. The van der Waals surface area contributed by atoms with E-state index in [9.17, 15) is 0 Å². The maximum Gasteiger partial charge on any atom is 0.152 e. The Bertz CT molecular complexity index is 508. The molecule has 0 bridgehead atoms. The van der Waals surface area contributed by atoms with Gasteiger partial charge in [-0.05, 0) is 40.9 Å². The lowest BCUT2D eigenvalue weighted by Crippen LogP contribution is -2.03. The van der Waals surface area contributed by atoms with Gasteiger partial charge in [0.05, 0.1) is 0 Å². The van der Waals surface area contributed by atoms with Crippen LogP contribution >= 0.6 is 15.9 Å². The van der Waals surface area contributed by atoms with E-state index in [4.69, 9.17) is 0 Å².